The van der Waals surface area contributed by atoms with Crippen LogP contribution >= 0.6 is 34.7 Å². The number of amides is 1. The molecule has 1 amide bonds. The van der Waals surface area contributed by atoms with Gasteiger partial charge in [-0.25, -0.2) is 4.98 Å². The van der Waals surface area contributed by atoms with E-state index in [9.17, 15) is 4.79 Å². The summed E-state index contributed by atoms with van der Waals surface area (Å²) >= 11 is 9.13. The molecule has 0 fully saturated rings. The second-order valence-corrected chi connectivity index (χ2v) is 7.59. The van der Waals surface area contributed by atoms with Crippen molar-refractivity contribution in [2.24, 2.45) is 0 Å². The number of halogens is 1. The maximum atomic E-state index is 12.3. The number of aromatic nitrogens is 2. The second-order valence-electron chi connectivity index (χ2n) is 5.18. The summed E-state index contributed by atoms with van der Waals surface area (Å²) < 4.78 is 1.93. The van der Waals surface area contributed by atoms with Gasteiger partial charge in [0.25, 0.3) is 0 Å². The van der Waals surface area contributed by atoms with Crippen molar-refractivity contribution < 1.29 is 4.79 Å². The topological polar surface area (TPSA) is 38.1 Å². The van der Waals surface area contributed by atoms with Crippen LogP contribution < -0.4 is 0 Å². The Kier molecular flexibility index (Phi) is 5.60. The van der Waals surface area contributed by atoms with Gasteiger partial charge in [0, 0.05) is 35.0 Å². The lowest BCUT2D eigenvalue weighted by molar-refractivity contribution is -0.127. The maximum absolute atomic E-state index is 12.3. The zero-order valence-corrected chi connectivity index (χ0v) is 15.4. The van der Waals surface area contributed by atoms with E-state index < -0.39 is 0 Å². The normalized spacial score (nSPS) is 10.8. The summed E-state index contributed by atoms with van der Waals surface area (Å²) in [4.78, 5) is 19.6. The molecule has 3 aromatic rings. The fourth-order valence-corrected chi connectivity index (χ4v) is 4.04. The van der Waals surface area contributed by atoms with E-state index in [0.717, 1.165) is 10.8 Å². The maximum Gasteiger partial charge on any atom is 0.233 e. The lowest BCUT2D eigenvalue weighted by atomic mass is 10.3. The molecular weight excluding hydrogens is 362 g/mol. The van der Waals surface area contributed by atoms with Gasteiger partial charge in [0.1, 0.15) is 0 Å². The molecule has 0 aliphatic rings. The van der Waals surface area contributed by atoms with Crippen molar-refractivity contribution in [3.05, 3.63) is 64.1 Å². The molecule has 2 aromatic heterocycles. The Morgan fingerprint density at radius 3 is 3.00 bits per heavy atom. The van der Waals surface area contributed by atoms with Crippen LogP contribution in [0.15, 0.2) is 59.3 Å². The van der Waals surface area contributed by atoms with Gasteiger partial charge in [-0.15, -0.1) is 11.3 Å². The van der Waals surface area contributed by atoms with Crippen LogP contribution in [-0.2, 0) is 11.3 Å². The Morgan fingerprint density at radius 2 is 2.25 bits per heavy atom. The van der Waals surface area contributed by atoms with Gasteiger partial charge < -0.3 is 4.90 Å². The molecule has 0 atom stereocenters. The van der Waals surface area contributed by atoms with Crippen LogP contribution in [0, 0.1) is 0 Å². The number of nitrogens with zero attached hydrogens (tertiary/aromatic N) is 3. The van der Waals surface area contributed by atoms with Crippen LogP contribution in [0.4, 0.5) is 0 Å². The SMILES string of the molecule is CN(Cc1cccs1)C(=O)CSc1nccn1-c1cccc(Cl)c1. The fourth-order valence-electron chi connectivity index (χ4n) is 2.18. The number of imidazole rings is 1. The zero-order valence-electron chi connectivity index (χ0n) is 13.1. The minimum atomic E-state index is 0.0778. The molecule has 0 aliphatic heterocycles. The third-order valence-electron chi connectivity index (χ3n) is 3.42. The summed E-state index contributed by atoms with van der Waals surface area (Å²) in [7, 11) is 1.83. The lowest BCUT2D eigenvalue weighted by Crippen LogP contribution is -2.27. The first kappa shape index (κ1) is 17.1. The summed E-state index contributed by atoms with van der Waals surface area (Å²) in [5.74, 6) is 0.424. The van der Waals surface area contributed by atoms with E-state index in [1.54, 1.807) is 22.4 Å². The minimum Gasteiger partial charge on any atom is -0.340 e. The number of hydrogen-bond acceptors (Lipinski definition) is 4. The van der Waals surface area contributed by atoms with Crippen LogP contribution in [0.2, 0.25) is 5.02 Å². The zero-order chi connectivity index (χ0) is 16.9. The largest absolute Gasteiger partial charge is 0.340 e. The van der Waals surface area contributed by atoms with Gasteiger partial charge in [-0.2, -0.15) is 0 Å². The summed E-state index contributed by atoms with van der Waals surface area (Å²) in [6, 6.07) is 11.6. The Balaban J connectivity index is 1.63. The number of carbonyl (C=O) groups excluding carboxylic acids is 1. The lowest BCUT2D eigenvalue weighted by Gasteiger charge is -2.16. The van der Waals surface area contributed by atoms with E-state index in [1.807, 2.05) is 59.6 Å². The molecule has 0 unspecified atom stereocenters. The molecule has 0 aliphatic carbocycles. The third kappa shape index (κ3) is 4.20. The predicted molar refractivity (Wildman–Crippen MR) is 100 cm³/mol. The van der Waals surface area contributed by atoms with E-state index in [1.165, 1.54) is 16.6 Å². The number of rotatable bonds is 6. The molecule has 0 bridgehead atoms. The van der Waals surface area contributed by atoms with Crippen molar-refractivity contribution in [1.29, 1.82) is 0 Å². The van der Waals surface area contributed by atoms with E-state index in [2.05, 4.69) is 4.98 Å². The van der Waals surface area contributed by atoms with Crippen LogP contribution in [0.3, 0.4) is 0 Å². The highest BCUT2D eigenvalue weighted by Gasteiger charge is 2.13. The molecule has 0 saturated heterocycles. The molecule has 3 rings (SSSR count). The van der Waals surface area contributed by atoms with Crippen LogP contribution in [0.5, 0.6) is 0 Å². The molecule has 2 heterocycles. The minimum absolute atomic E-state index is 0.0778. The molecule has 0 spiro atoms. The molecule has 0 radical (unpaired) electrons. The first-order valence-corrected chi connectivity index (χ1v) is 9.56. The first-order chi connectivity index (χ1) is 11.6. The summed E-state index contributed by atoms with van der Waals surface area (Å²) in [6.07, 6.45) is 3.59. The molecule has 0 saturated carbocycles. The second kappa shape index (κ2) is 7.88. The summed E-state index contributed by atoms with van der Waals surface area (Å²) in [6.45, 7) is 0.639. The van der Waals surface area contributed by atoms with Gasteiger partial charge in [-0.3, -0.25) is 9.36 Å². The van der Waals surface area contributed by atoms with Gasteiger partial charge in [-0.05, 0) is 29.6 Å². The van der Waals surface area contributed by atoms with Crippen molar-refractivity contribution in [3.63, 3.8) is 0 Å². The quantitative estimate of drug-likeness (QED) is 0.600. The predicted octanol–water partition coefficient (Wildman–Crippen LogP) is 4.34. The Bertz CT molecular complexity index is 817. The summed E-state index contributed by atoms with van der Waals surface area (Å²) in [5, 5.41) is 3.46. The monoisotopic (exact) mass is 377 g/mol. The van der Waals surface area contributed by atoms with E-state index in [-0.39, 0.29) is 5.91 Å². The van der Waals surface area contributed by atoms with Crippen LogP contribution in [0.25, 0.3) is 5.69 Å². The van der Waals surface area contributed by atoms with Crippen molar-refractivity contribution in [2.45, 2.75) is 11.7 Å². The van der Waals surface area contributed by atoms with E-state index in [0.29, 0.717) is 17.3 Å². The molecule has 124 valence electrons. The highest BCUT2D eigenvalue weighted by atomic mass is 35.5. The third-order valence-corrected chi connectivity index (χ3v) is 5.46. The van der Waals surface area contributed by atoms with Crippen LogP contribution in [0.1, 0.15) is 4.88 Å². The van der Waals surface area contributed by atoms with E-state index in [4.69, 9.17) is 11.6 Å². The highest BCUT2D eigenvalue weighted by molar-refractivity contribution is 7.99. The molecule has 1 aromatic carbocycles. The van der Waals surface area contributed by atoms with Crippen molar-refractivity contribution in [1.82, 2.24) is 14.5 Å². The smallest absolute Gasteiger partial charge is 0.233 e. The fraction of sp³-hybridized carbons (Fsp3) is 0.176. The average Bonchev–Trinajstić information content (AvgIpc) is 3.23. The van der Waals surface area contributed by atoms with Gasteiger partial charge in [0.15, 0.2) is 5.16 Å². The van der Waals surface area contributed by atoms with Crippen molar-refractivity contribution in [2.75, 3.05) is 12.8 Å². The Labute approximate surface area is 154 Å². The van der Waals surface area contributed by atoms with Crippen molar-refractivity contribution in [3.8, 4) is 5.69 Å². The summed E-state index contributed by atoms with van der Waals surface area (Å²) in [5.41, 5.74) is 0.932. The molecule has 24 heavy (non-hydrogen) atoms. The number of thiophene rings is 1. The highest BCUT2D eigenvalue weighted by Crippen LogP contribution is 2.23. The molecular formula is C17H16ClN3OS2. The van der Waals surface area contributed by atoms with Gasteiger partial charge in [0.05, 0.1) is 12.3 Å². The molecule has 7 heteroatoms. The van der Waals surface area contributed by atoms with Crippen LogP contribution in [-0.4, -0.2) is 33.2 Å². The Morgan fingerprint density at radius 1 is 1.38 bits per heavy atom. The van der Waals surface area contributed by atoms with Gasteiger partial charge >= 0.3 is 0 Å². The number of hydrogen-bond donors (Lipinski definition) is 0. The average molecular weight is 378 g/mol. The Hall–Kier alpha value is -1.76. The molecule has 4 nitrogen and oxygen atoms in total. The number of benzene rings is 1. The van der Waals surface area contributed by atoms with Gasteiger partial charge in [-0.1, -0.05) is 35.5 Å². The number of carbonyl (C=O) groups is 1. The standard InChI is InChI=1S/C17H16ClN3OS2/c1-20(11-15-6-3-9-23-15)16(22)12-24-17-19-7-8-21(17)14-5-2-4-13(18)10-14/h2-10H,11-12H2,1H3. The van der Waals surface area contributed by atoms with Crippen molar-refractivity contribution >= 4 is 40.6 Å². The molecule has 0 N–H and O–H groups in total. The van der Waals surface area contributed by atoms with Gasteiger partial charge in [0.2, 0.25) is 5.91 Å². The number of thioether (sulfide) groups is 1. The van der Waals surface area contributed by atoms with E-state index >= 15 is 0 Å². The first-order valence-electron chi connectivity index (χ1n) is 7.32.